The van der Waals surface area contributed by atoms with E-state index in [2.05, 4.69) is 11.9 Å². The second kappa shape index (κ2) is 4.67. The van der Waals surface area contributed by atoms with Crippen LogP contribution in [0.1, 0.15) is 13.3 Å². The van der Waals surface area contributed by atoms with E-state index in [1.807, 2.05) is 6.07 Å². The van der Waals surface area contributed by atoms with E-state index in [4.69, 9.17) is 0 Å². The zero-order chi connectivity index (χ0) is 14.3. The maximum atomic E-state index is 12.0. The van der Waals surface area contributed by atoms with Gasteiger partial charge in [0.05, 0.1) is 0 Å². The Hall–Kier alpha value is -2.30. The molecule has 104 valence electrons. The summed E-state index contributed by atoms with van der Waals surface area (Å²) >= 11 is 0. The molecule has 1 fully saturated rings. The van der Waals surface area contributed by atoms with Crippen LogP contribution >= 0.6 is 0 Å². The molecular formula is C15H16N2O3. The SMILES string of the molecule is CC1CC1Cn1c(O)c(-c2ccccc2)c(=O)[nH]c1=O. The van der Waals surface area contributed by atoms with Gasteiger partial charge in [0.15, 0.2) is 0 Å². The summed E-state index contributed by atoms with van der Waals surface area (Å²) in [6, 6.07) is 8.87. The van der Waals surface area contributed by atoms with E-state index < -0.39 is 11.2 Å². The third kappa shape index (κ3) is 2.15. The van der Waals surface area contributed by atoms with Crippen LogP contribution < -0.4 is 11.2 Å². The fraction of sp³-hybridized carbons (Fsp3) is 0.333. The summed E-state index contributed by atoms with van der Waals surface area (Å²) in [5.41, 5.74) is -0.354. The number of nitrogens with one attached hydrogen (secondary N) is 1. The molecule has 1 aliphatic carbocycles. The van der Waals surface area contributed by atoms with Crippen molar-refractivity contribution in [1.82, 2.24) is 9.55 Å². The summed E-state index contributed by atoms with van der Waals surface area (Å²) in [4.78, 5) is 26.1. The van der Waals surface area contributed by atoms with E-state index >= 15 is 0 Å². The Morgan fingerprint density at radius 1 is 1.30 bits per heavy atom. The zero-order valence-electron chi connectivity index (χ0n) is 11.2. The van der Waals surface area contributed by atoms with Crippen LogP contribution in [-0.4, -0.2) is 14.7 Å². The summed E-state index contributed by atoms with van der Waals surface area (Å²) in [6.45, 7) is 2.55. The fourth-order valence-corrected chi connectivity index (χ4v) is 2.48. The number of hydrogen-bond acceptors (Lipinski definition) is 3. The molecule has 0 spiro atoms. The molecule has 1 saturated carbocycles. The standard InChI is InChI=1S/C15H16N2O3/c1-9-7-11(9)8-17-14(19)12(13(18)16-15(17)20)10-5-3-2-4-6-10/h2-6,9,11,19H,7-8H2,1H3,(H,16,18,20). The predicted molar refractivity (Wildman–Crippen MR) is 75.7 cm³/mol. The van der Waals surface area contributed by atoms with Crippen LogP contribution in [0, 0.1) is 11.8 Å². The first-order valence-corrected chi connectivity index (χ1v) is 6.69. The van der Waals surface area contributed by atoms with Crippen LogP contribution in [0.5, 0.6) is 5.88 Å². The van der Waals surface area contributed by atoms with Gasteiger partial charge in [-0.25, -0.2) is 4.79 Å². The van der Waals surface area contributed by atoms with E-state index in [0.29, 0.717) is 23.9 Å². The smallest absolute Gasteiger partial charge is 0.331 e. The van der Waals surface area contributed by atoms with Crippen molar-refractivity contribution in [2.45, 2.75) is 19.9 Å². The highest BCUT2D eigenvalue weighted by atomic mass is 16.3. The quantitative estimate of drug-likeness (QED) is 0.890. The number of aromatic hydroxyl groups is 1. The highest BCUT2D eigenvalue weighted by Gasteiger charge is 2.34. The van der Waals surface area contributed by atoms with Crippen molar-refractivity contribution in [3.8, 4) is 17.0 Å². The molecule has 3 rings (SSSR count). The third-order valence-electron chi connectivity index (χ3n) is 3.93. The van der Waals surface area contributed by atoms with Gasteiger partial charge in [0.1, 0.15) is 5.56 Å². The molecule has 2 unspecified atom stereocenters. The number of aromatic amines is 1. The first-order chi connectivity index (χ1) is 9.58. The minimum atomic E-state index is -0.557. The number of nitrogens with zero attached hydrogens (tertiary/aromatic N) is 1. The van der Waals surface area contributed by atoms with Crippen molar-refractivity contribution in [3.05, 3.63) is 51.2 Å². The van der Waals surface area contributed by atoms with Gasteiger partial charge in [-0.3, -0.25) is 14.3 Å². The third-order valence-corrected chi connectivity index (χ3v) is 3.93. The van der Waals surface area contributed by atoms with Gasteiger partial charge in [0.25, 0.3) is 5.56 Å². The Bertz CT molecular complexity index is 746. The lowest BCUT2D eigenvalue weighted by Gasteiger charge is -2.11. The van der Waals surface area contributed by atoms with E-state index in [0.717, 1.165) is 6.42 Å². The molecule has 2 atom stereocenters. The second-order valence-electron chi connectivity index (χ2n) is 5.41. The Balaban J connectivity index is 2.13. The van der Waals surface area contributed by atoms with E-state index in [9.17, 15) is 14.7 Å². The van der Waals surface area contributed by atoms with Gasteiger partial charge < -0.3 is 5.11 Å². The molecule has 0 radical (unpaired) electrons. The van der Waals surface area contributed by atoms with Crippen LogP contribution in [0.25, 0.3) is 11.1 Å². The lowest BCUT2D eigenvalue weighted by atomic mass is 10.1. The predicted octanol–water partition coefficient (Wildman–Crippen LogP) is 1.57. The highest BCUT2D eigenvalue weighted by Crippen LogP contribution is 2.39. The van der Waals surface area contributed by atoms with Gasteiger partial charge in [-0.1, -0.05) is 37.3 Å². The molecule has 1 aromatic heterocycles. The molecule has 5 heteroatoms. The molecule has 5 nitrogen and oxygen atoms in total. The van der Waals surface area contributed by atoms with Crippen LogP contribution in [0.3, 0.4) is 0 Å². The number of H-pyrrole nitrogens is 1. The van der Waals surface area contributed by atoms with Gasteiger partial charge in [0, 0.05) is 6.54 Å². The molecule has 20 heavy (non-hydrogen) atoms. The molecule has 0 amide bonds. The van der Waals surface area contributed by atoms with Crippen LogP contribution in [0.2, 0.25) is 0 Å². The molecule has 2 aromatic rings. The van der Waals surface area contributed by atoms with Crippen molar-refractivity contribution < 1.29 is 5.11 Å². The Morgan fingerprint density at radius 2 is 1.95 bits per heavy atom. The molecule has 0 aliphatic heterocycles. The van der Waals surface area contributed by atoms with E-state index in [1.165, 1.54) is 4.57 Å². The lowest BCUT2D eigenvalue weighted by molar-refractivity contribution is 0.391. The number of hydrogen-bond donors (Lipinski definition) is 2. The van der Waals surface area contributed by atoms with Crippen molar-refractivity contribution in [3.63, 3.8) is 0 Å². The van der Waals surface area contributed by atoms with Crippen molar-refractivity contribution in [2.24, 2.45) is 11.8 Å². The summed E-state index contributed by atoms with van der Waals surface area (Å²) < 4.78 is 1.26. The first kappa shape index (κ1) is 12.7. The molecule has 1 aromatic carbocycles. The number of benzene rings is 1. The van der Waals surface area contributed by atoms with Crippen LogP contribution in [-0.2, 0) is 6.54 Å². The summed E-state index contributed by atoms with van der Waals surface area (Å²) in [7, 11) is 0. The highest BCUT2D eigenvalue weighted by molar-refractivity contribution is 5.67. The van der Waals surface area contributed by atoms with Crippen LogP contribution in [0.15, 0.2) is 39.9 Å². The zero-order valence-corrected chi connectivity index (χ0v) is 11.2. The molecule has 1 heterocycles. The molecule has 0 saturated heterocycles. The van der Waals surface area contributed by atoms with E-state index in [1.54, 1.807) is 24.3 Å². The van der Waals surface area contributed by atoms with Crippen molar-refractivity contribution in [2.75, 3.05) is 0 Å². The lowest BCUT2D eigenvalue weighted by Crippen LogP contribution is -2.31. The molecule has 1 aliphatic rings. The Labute approximate surface area is 115 Å². The average Bonchev–Trinajstić information content (AvgIpc) is 3.11. The van der Waals surface area contributed by atoms with Gasteiger partial charge in [0.2, 0.25) is 5.88 Å². The summed E-state index contributed by atoms with van der Waals surface area (Å²) in [5.74, 6) is 0.713. The van der Waals surface area contributed by atoms with Crippen molar-refractivity contribution >= 4 is 0 Å². The number of rotatable bonds is 3. The maximum absolute atomic E-state index is 12.0. The van der Waals surface area contributed by atoms with Gasteiger partial charge in [-0.2, -0.15) is 0 Å². The number of aromatic nitrogens is 2. The second-order valence-corrected chi connectivity index (χ2v) is 5.41. The topological polar surface area (TPSA) is 75.1 Å². The normalized spacial score (nSPS) is 20.9. The first-order valence-electron chi connectivity index (χ1n) is 6.69. The largest absolute Gasteiger partial charge is 0.494 e. The maximum Gasteiger partial charge on any atom is 0.331 e. The van der Waals surface area contributed by atoms with Crippen LogP contribution in [0.4, 0.5) is 0 Å². The molecule has 2 N–H and O–H groups in total. The van der Waals surface area contributed by atoms with E-state index in [-0.39, 0.29) is 11.4 Å². The van der Waals surface area contributed by atoms with Crippen molar-refractivity contribution in [1.29, 1.82) is 0 Å². The summed E-state index contributed by atoms with van der Waals surface area (Å²) in [6.07, 6.45) is 1.05. The monoisotopic (exact) mass is 272 g/mol. The minimum absolute atomic E-state index is 0.151. The Kier molecular flexibility index (Phi) is 2.97. The average molecular weight is 272 g/mol. The van der Waals surface area contributed by atoms with Gasteiger partial charge >= 0.3 is 5.69 Å². The summed E-state index contributed by atoms with van der Waals surface area (Å²) in [5, 5.41) is 10.3. The van der Waals surface area contributed by atoms with Gasteiger partial charge in [-0.15, -0.1) is 0 Å². The Morgan fingerprint density at radius 3 is 2.55 bits per heavy atom. The minimum Gasteiger partial charge on any atom is -0.494 e. The fourth-order valence-electron chi connectivity index (χ4n) is 2.48. The van der Waals surface area contributed by atoms with Gasteiger partial charge in [-0.05, 0) is 23.8 Å². The molecule has 0 bridgehead atoms. The molecular weight excluding hydrogens is 256 g/mol.